The van der Waals surface area contributed by atoms with Gasteiger partial charge >= 0.3 is 0 Å². The van der Waals surface area contributed by atoms with Crippen LogP contribution in [0.4, 0.5) is 0 Å². The summed E-state index contributed by atoms with van der Waals surface area (Å²) in [5.74, 6) is 1.99. The van der Waals surface area contributed by atoms with Crippen LogP contribution in [-0.2, 0) is 9.47 Å². The second-order valence-corrected chi connectivity index (χ2v) is 4.57. The van der Waals surface area contributed by atoms with Crippen LogP contribution in [0.15, 0.2) is 18.2 Å². The molecule has 2 heterocycles. The van der Waals surface area contributed by atoms with Gasteiger partial charge in [-0.25, -0.2) is 4.98 Å². The van der Waals surface area contributed by atoms with Gasteiger partial charge in [0.15, 0.2) is 5.82 Å². The Bertz CT molecular complexity index is 579. The van der Waals surface area contributed by atoms with E-state index in [-0.39, 0.29) is 6.04 Å². The number of rotatable bonds is 7. The summed E-state index contributed by atoms with van der Waals surface area (Å²) in [5.41, 5.74) is 0.701. The van der Waals surface area contributed by atoms with Gasteiger partial charge in [-0.1, -0.05) is 6.07 Å². The molecule has 2 rings (SSSR count). The predicted octanol–water partition coefficient (Wildman–Crippen LogP) is 1.49. The first-order chi connectivity index (χ1) is 10.2. The number of hydrogen-bond donors (Lipinski definition) is 0. The molecule has 2 aromatic heterocycles. The number of ether oxygens (including phenoxy) is 3. The Morgan fingerprint density at radius 2 is 1.81 bits per heavy atom. The summed E-state index contributed by atoms with van der Waals surface area (Å²) in [6, 6.07) is 5.52. The molecule has 0 saturated carbocycles. The van der Waals surface area contributed by atoms with Gasteiger partial charge in [-0.2, -0.15) is 0 Å². The lowest BCUT2D eigenvalue weighted by Crippen LogP contribution is -2.22. The summed E-state index contributed by atoms with van der Waals surface area (Å²) >= 11 is 0. The van der Waals surface area contributed by atoms with Gasteiger partial charge in [0.25, 0.3) is 0 Å². The Balaban J connectivity index is 2.44. The number of aromatic nitrogens is 4. The third-order valence-electron chi connectivity index (χ3n) is 3.11. The molecule has 21 heavy (non-hydrogen) atoms. The molecule has 7 nitrogen and oxygen atoms in total. The molecular formula is C14H20N4O3. The molecule has 0 radical (unpaired) electrons. The van der Waals surface area contributed by atoms with E-state index in [2.05, 4.69) is 15.2 Å². The Hall–Kier alpha value is -1.99. The smallest absolute Gasteiger partial charge is 0.213 e. The minimum absolute atomic E-state index is 0.0157. The van der Waals surface area contributed by atoms with E-state index in [1.165, 1.54) is 0 Å². The van der Waals surface area contributed by atoms with Crippen LogP contribution in [0.25, 0.3) is 11.5 Å². The van der Waals surface area contributed by atoms with Crippen molar-refractivity contribution >= 4 is 0 Å². The molecule has 2 aromatic rings. The number of pyridine rings is 1. The maximum Gasteiger partial charge on any atom is 0.213 e. The highest BCUT2D eigenvalue weighted by atomic mass is 16.5. The van der Waals surface area contributed by atoms with E-state index in [0.717, 1.165) is 5.82 Å². The summed E-state index contributed by atoms with van der Waals surface area (Å²) in [6.07, 6.45) is 0. The van der Waals surface area contributed by atoms with Crippen LogP contribution in [0, 0.1) is 6.92 Å². The summed E-state index contributed by atoms with van der Waals surface area (Å²) in [4.78, 5) is 4.41. The molecule has 0 aliphatic heterocycles. The van der Waals surface area contributed by atoms with Crippen LogP contribution >= 0.6 is 0 Å². The number of nitrogens with zero attached hydrogens (tertiary/aromatic N) is 4. The molecule has 0 aromatic carbocycles. The average Bonchev–Trinajstić information content (AvgIpc) is 2.89. The van der Waals surface area contributed by atoms with Crippen molar-refractivity contribution in [2.75, 3.05) is 34.5 Å². The van der Waals surface area contributed by atoms with Gasteiger partial charge in [0.1, 0.15) is 11.5 Å². The van der Waals surface area contributed by atoms with Gasteiger partial charge in [0.05, 0.1) is 26.4 Å². The van der Waals surface area contributed by atoms with Crippen molar-refractivity contribution in [3.05, 3.63) is 24.0 Å². The molecule has 0 unspecified atom stereocenters. The van der Waals surface area contributed by atoms with Gasteiger partial charge in [0, 0.05) is 20.3 Å². The van der Waals surface area contributed by atoms with Crippen LogP contribution in [0.1, 0.15) is 11.9 Å². The van der Waals surface area contributed by atoms with Gasteiger partial charge in [0.2, 0.25) is 5.88 Å². The first kappa shape index (κ1) is 15.4. The average molecular weight is 292 g/mol. The number of hydrogen-bond acceptors (Lipinski definition) is 6. The number of aryl methyl sites for hydroxylation is 1. The molecule has 0 aliphatic rings. The largest absolute Gasteiger partial charge is 0.481 e. The maximum absolute atomic E-state index is 5.27. The van der Waals surface area contributed by atoms with Crippen molar-refractivity contribution in [3.8, 4) is 17.4 Å². The van der Waals surface area contributed by atoms with E-state index in [4.69, 9.17) is 14.2 Å². The molecule has 0 amide bonds. The molecule has 0 atom stereocenters. The highest BCUT2D eigenvalue weighted by molar-refractivity contribution is 5.50. The van der Waals surface area contributed by atoms with Crippen LogP contribution in [0.2, 0.25) is 0 Å². The fraction of sp³-hybridized carbons (Fsp3) is 0.500. The predicted molar refractivity (Wildman–Crippen MR) is 77.3 cm³/mol. The monoisotopic (exact) mass is 292 g/mol. The van der Waals surface area contributed by atoms with Gasteiger partial charge in [-0.15, -0.1) is 10.2 Å². The molecular weight excluding hydrogens is 272 g/mol. The maximum atomic E-state index is 5.27. The third kappa shape index (κ3) is 3.37. The minimum atomic E-state index is -0.0157. The zero-order chi connectivity index (χ0) is 15.2. The Morgan fingerprint density at radius 1 is 1.10 bits per heavy atom. The summed E-state index contributed by atoms with van der Waals surface area (Å²) < 4.78 is 17.7. The van der Waals surface area contributed by atoms with Gasteiger partial charge < -0.3 is 18.8 Å². The van der Waals surface area contributed by atoms with E-state index in [1.807, 2.05) is 23.6 Å². The molecule has 7 heteroatoms. The van der Waals surface area contributed by atoms with E-state index >= 15 is 0 Å². The van der Waals surface area contributed by atoms with Gasteiger partial charge in [-0.05, 0) is 13.0 Å². The third-order valence-corrected chi connectivity index (χ3v) is 3.11. The van der Waals surface area contributed by atoms with E-state index < -0.39 is 0 Å². The molecule has 0 spiro atoms. The molecule has 0 aliphatic carbocycles. The fourth-order valence-corrected chi connectivity index (χ4v) is 2.22. The van der Waals surface area contributed by atoms with Crippen molar-refractivity contribution in [1.82, 2.24) is 19.7 Å². The first-order valence-corrected chi connectivity index (χ1v) is 6.62. The standard InChI is InChI=1S/C14H20N4O3/c1-10-16-17-14(12-6-5-7-13(15-12)21-4)18(10)11(8-19-2)9-20-3/h5-7,11H,8-9H2,1-4H3. The second-order valence-electron chi connectivity index (χ2n) is 4.57. The normalized spacial score (nSPS) is 11.1. The molecule has 0 fully saturated rings. The lowest BCUT2D eigenvalue weighted by molar-refractivity contribution is 0.0890. The lowest BCUT2D eigenvalue weighted by Gasteiger charge is -2.19. The van der Waals surface area contributed by atoms with Crippen LogP contribution in [-0.4, -0.2) is 54.3 Å². The SMILES string of the molecule is COCC(COC)n1c(C)nnc1-c1cccc(OC)n1. The minimum Gasteiger partial charge on any atom is -0.481 e. The zero-order valence-electron chi connectivity index (χ0n) is 12.7. The zero-order valence-corrected chi connectivity index (χ0v) is 12.7. The molecule has 0 saturated heterocycles. The van der Waals surface area contributed by atoms with Crippen molar-refractivity contribution < 1.29 is 14.2 Å². The number of methoxy groups -OCH3 is 3. The Kier molecular flexibility index (Phi) is 5.24. The first-order valence-electron chi connectivity index (χ1n) is 6.62. The summed E-state index contributed by atoms with van der Waals surface area (Å²) in [7, 11) is 4.90. The van der Waals surface area contributed by atoms with Crippen molar-refractivity contribution in [2.45, 2.75) is 13.0 Å². The molecule has 114 valence electrons. The van der Waals surface area contributed by atoms with E-state index in [9.17, 15) is 0 Å². The van der Waals surface area contributed by atoms with Crippen molar-refractivity contribution in [2.24, 2.45) is 0 Å². The fourth-order valence-electron chi connectivity index (χ4n) is 2.22. The molecule has 0 N–H and O–H groups in total. The van der Waals surface area contributed by atoms with Crippen molar-refractivity contribution in [3.63, 3.8) is 0 Å². The summed E-state index contributed by atoms with van der Waals surface area (Å²) in [6.45, 7) is 2.91. The summed E-state index contributed by atoms with van der Waals surface area (Å²) in [5, 5.41) is 8.39. The highest BCUT2D eigenvalue weighted by Gasteiger charge is 2.20. The quantitative estimate of drug-likeness (QED) is 0.770. The van der Waals surface area contributed by atoms with Crippen LogP contribution in [0.5, 0.6) is 5.88 Å². The Morgan fingerprint density at radius 3 is 2.43 bits per heavy atom. The van der Waals surface area contributed by atoms with Crippen LogP contribution < -0.4 is 4.74 Å². The lowest BCUT2D eigenvalue weighted by atomic mass is 10.2. The van der Waals surface area contributed by atoms with Gasteiger partial charge in [-0.3, -0.25) is 0 Å². The van der Waals surface area contributed by atoms with Crippen LogP contribution in [0.3, 0.4) is 0 Å². The topological polar surface area (TPSA) is 71.3 Å². The highest BCUT2D eigenvalue weighted by Crippen LogP contribution is 2.23. The molecule has 0 bridgehead atoms. The second kappa shape index (κ2) is 7.14. The van der Waals surface area contributed by atoms with E-state index in [1.54, 1.807) is 27.4 Å². The Labute approximate surface area is 123 Å². The van der Waals surface area contributed by atoms with E-state index in [0.29, 0.717) is 30.6 Å². The van der Waals surface area contributed by atoms with Crippen molar-refractivity contribution in [1.29, 1.82) is 0 Å².